The number of Topliss-reactive ketones (excluding diaryl/α,β-unsaturated/α-hetero) is 1. The average Bonchev–Trinajstić information content (AvgIpc) is 2.03. The average molecular weight is 181 g/mol. The van der Waals surface area contributed by atoms with Gasteiger partial charge in [0.15, 0.2) is 5.78 Å². The van der Waals surface area contributed by atoms with Gasteiger partial charge in [0.25, 0.3) is 0 Å². The standard InChI is InChI=1S/C10H12FNO/c1-7(13)9-5-4-8(11)6-10(9)12(2)3/h4-6H,1-3H3. The molecule has 0 aromatic heterocycles. The molecule has 0 radical (unpaired) electrons. The predicted molar refractivity (Wildman–Crippen MR) is 50.7 cm³/mol. The molecular weight excluding hydrogens is 169 g/mol. The van der Waals surface area contributed by atoms with E-state index in [0.717, 1.165) is 0 Å². The summed E-state index contributed by atoms with van der Waals surface area (Å²) in [6.45, 7) is 1.47. The highest BCUT2D eigenvalue weighted by Crippen LogP contribution is 2.20. The van der Waals surface area contributed by atoms with E-state index in [1.54, 1.807) is 19.0 Å². The first-order valence-corrected chi connectivity index (χ1v) is 4.00. The van der Waals surface area contributed by atoms with Crippen LogP contribution in [0.4, 0.5) is 10.1 Å². The number of benzene rings is 1. The summed E-state index contributed by atoms with van der Waals surface area (Å²) in [6, 6.07) is 4.16. The smallest absolute Gasteiger partial charge is 0.161 e. The Morgan fingerprint density at radius 2 is 2.00 bits per heavy atom. The zero-order valence-corrected chi connectivity index (χ0v) is 7.97. The van der Waals surface area contributed by atoms with Crippen molar-refractivity contribution in [3.05, 3.63) is 29.6 Å². The van der Waals surface area contributed by atoms with Gasteiger partial charge in [-0.15, -0.1) is 0 Å². The predicted octanol–water partition coefficient (Wildman–Crippen LogP) is 2.09. The molecule has 0 atom stereocenters. The second-order valence-electron chi connectivity index (χ2n) is 3.11. The Bertz CT molecular complexity index is 334. The van der Waals surface area contributed by atoms with Crippen LogP contribution in [-0.2, 0) is 0 Å². The summed E-state index contributed by atoms with van der Waals surface area (Å²) in [5.74, 6) is -0.377. The molecule has 0 heterocycles. The summed E-state index contributed by atoms with van der Waals surface area (Å²) in [5.41, 5.74) is 1.17. The Morgan fingerprint density at radius 1 is 1.38 bits per heavy atom. The van der Waals surface area contributed by atoms with Crippen LogP contribution in [0.2, 0.25) is 0 Å². The molecule has 2 nitrogen and oxygen atoms in total. The van der Waals surface area contributed by atoms with Crippen molar-refractivity contribution in [3.8, 4) is 0 Å². The van der Waals surface area contributed by atoms with Gasteiger partial charge in [0, 0.05) is 25.3 Å². The highest BCUT2D eigenvalue weighted by atomic mass is 19.1. The molecular formula is C10H12FNO. The van der Waals surface area contributed by atoms with Gasteiger partial charge in [-0.2, -0.15) is 0 Å². The molecule has 0 unspecified atom stereocenters. The highest BCUT2D eigenvalue weighted by molar-refractivity contribution is 5.99. The summed E-state index contributed by atoms with van der Waals surface area (Å²) in [6.07, 6.45) is 0. The fourth-order valence-corrected chi connectivity index (χ4v) is 1.17. The maximum absolute atomic E-state index is 12.8. The van der Waals surface area contributed by atoms with Gasteiger partial charge in [-0.1, -0.05) is 0 Å². The molecule has 1 rings (SSSR count). The lowest BCUT2D eigenvalue weighted by Crippen LogP contribution is -2.13. The fourth-order valence-electron chi connectivity index (χ4n) is 1.17. The quantitative estimate of drug-likeness (QED) is 0.651. The van der Waals surface area contributed by atoms with Crippen LogP contribution in [0.15, 0.2) is 18.2 Å². The number of ketones is 1. The topological polar surface area (TPSA) is 20.3 Å². The van der Waals surface area contributed by atoms with Crippen molar-refractivity contribution in [1.82, 2.24) is 0 Å². The minimum atomic E-state index is -0.325. The van der Waals surface area contributed by atoms with Crippen LogP contribution in [0.25, 0.3) is 0 Å². The first-order valence-electron chi connectivity index (χ1n) is 4.00. The van der Waals surface area contributed by atoms with E-state index < -0.39 is 0 Å². The number of nitrogens with zero attached hydrogens (tertiary/aromatic N) is 1. The van der Waals surface area contributed by atoms with Crippen LogP contribution in [-0.4, -0.2) is 19.9 Å². The number of hydrogen-bond donors (Lipinski definition) is 0. The molecule has 0 fully saturated rings. The first-order chi connectivity index (χ1) is 6.02. The third-order valence-electron chi connectivity index (χ3n) is 1.82. The molecule has 0 spiro atoms. The van der Waals surface area contributed by atoms with Crippen molar-refractivity contribution in [2.24, 2.45) is 0 Å². The molecule has 0 aliphatic heterocycles. The number of rotatable bonds is 2. The monoisotopic (exact) mass is 181 g/mol. The van der Waals surface area contributed by atoms with Crippen molar-refractivity contribution in [3.63, 3.8) is 0 Å². The summed E-state index contributed by atoms with van der Waals surface area (Å²) in [4.78, 5) is 12.9. The number of carbonyl (C=O) groups is 1. The SMILES string of the molecule is CC(=O)c1ccc(F)cc1N(C)C. The van der Waals surface area contributed by atoms with Crippen molar-refractivity contribution < 1.29 is 9.18 Å². The number of carbonyl (C=O) groups excluding carboxylic acids is 1. The third-order valence-corrected chi connectivity index (χ3v) is 1.82. The van der Waals surface area contributed by atoms with Gasteiger partial charge in [0.05, 0.1) is 0 Å². The zero-order chi connectivity index (χ0) is 10.0. The maximum Gasteiger partial charge on any atom is 0.161 e. The van der Waals surface area contributed by atoms with E-state index in [9.17, 15) is 9.18 Å². The van der Waals surface area contributed by atoms with E-state index in [4.69, 9.17) is 0 Å². The number of anilines is 1. The zero-order valence-electron chi connectivity index (χ0n) is 7.97. The van der Waals surface area contributed by atoms with Gasteiger partial charge >= 0.3 is 0 Å². The molecule has 0 aliphatic rings. The van der Waals surface area contributed by atoms with Crippen molar-refractivity contribution in [2.45, 2.75) is 6.92 Å². The molecule has 0 saturated heterocycles. The van der Waals surface area contributed by atoms with Crippen LogP contribution in [0.3, 0.4) is 0 Å². The highest BCUT2D eigenvalue weighted by Gasteiger charge is 2.09. The Hall–Kier alpha value is -1.38. The van der Waals surface area contributed by atoms with Crippen LogP contribution in [0.1, 0.15) is 17.3 Å². The van der Waals surface area contributed by atoms with E-state index >= 15 is 0 Å². The van der Waals surface area contributed by atoms with Gasteiger partial charge in [0.2, 0.25) is 0 Å². The molecule has 0 saturated carbocycles. The number of halogens is 1. The van der Waals surface area contributed by atoms with Gasteiger partial charge in [-0.3, -0.25) is 4.79 Å². The molecule has 13 heavy (non-hydrogen) atoms. The van der Waals surface area contributed by atoms with E-state index in [-0.39, 0.29) is 11.6 Å². The Labute approximate surface area is 77.0 Å². The van der Waals surface area contributed by atoms with Crippen molar-refractivity contribution >= 4 is 11.5 Å². The van der Waals surface area contributed by atoms with E-state index in [1.807, 2.05) is 0 Å². The van der Waals surface area contributed by atoms with Gasteiger partial charge in [-0.05, 0) is 25.1 Å². The van der Waals surface area contributed by atoms with Gasteiger partial charge in [-0.25, -0.2) is 4.39 Å². The fraction of sp³-hybridized carbons (Fsp3) is 0.300. The normalized spacial score (nSPS) is 9.85. The van der Waals surface area contributed by atoms with Crippen molar-refractivity contribution in [2.75, 3.05) is 19.0 Å². The molecule has 0 amide bonds. The summed E-state index contributed by atoms with van der Waals surface area (Å²) >= 11 is 0. The maximum atomic E-state index is 12.8. The molecule has 70 valence electrons. The minimum absolute atomic E-state index is 0.0521. The molecule has 0 aliphatic carbocycles. The summed E-state index contributed by atoms with van der Waals surface area (Å²) < 4.78 is 12.8. The van der Waals surface area contributed by atoms with E-state index in [2.05, 4.69) is 0 Å². The lowest BCUT2D eigenvalue weighted by Gasteiger charge is -2.15. The van der Waals surface area contributed by atoms with Crippen molar-refractivity contribution in [1.29, 1.82) is 0 Å². The second-order valence-corrected chi connectivity index (χ2v) is 3.11. The van der Waals surface area contributed by atoms with Crippen LogP contribution in [0, 0.1) is 5.82 Å². The van der Waals surface area contributed by atoms with Crippen LogP contribution >= 0.6 is 0 Å². The lowest BCUT2D eigenvalue weighted by molar-refractivity contribution is 0.101. The molecule has 3 heteroatoms. The Balaban J connectivity index is 3.26. The first kappa shape index (κ1) is 9.71. The molecule has 1 aromatic rings. The lowest BCUT2D eigenvalue weighted by atomic mass is 10.1. The second kappa shape index (κ2) is 3.56. The molecule has 0 bridgehead atoms. The Kier molecular flexibility index (Phi) is 2.66. The van der Waals surface area contributed by atoms with Crippen LogP contribution in [0.5, 0.6) is 0 Å². The molecule has 0 N–H and O–H groups in total. The van der Waals surface area contributed by atoms with Gasteiger partial charge in [0.1, 0.15) is 5.82 Å². The summed E-state index contributed by atoms with van der Waals surface area (Å²) in [7, 11) is 3.56. The third kappa shape index (κ3) is 2.05. The Morgan fingerprint density at radius 3 is 2.46 bits per heavy atom. The largest absolute Gasteiger partial charge is 0.377 e. The van der Waals surface area contributed by atoms with Gasteiger partial charge < -0.3 is 4.90 Å². The van der Waals surface area contributed by atoms with E-state index in [1.165, 1.54) is 25.1 Å². The van der Waals surface area contributed by atoms with Crippen LogP contribution < -0.4 is 4.90 Å². The minimum Gasteiger partial charge on any atom is -0.377 e. The number of hydrogen-bond acceptors (Lipinski definition) is 2. The molecule has 1 aromatic carbocycles. The van der Waals surface area contributed by atoms with E-state index in [0.29, 0.717) is 11.3 Å². The summed E-state index contributed by atoms with van der Waals surface area (Å²) in [5, 5.41) is 0.